The summed E-state index contributed by atoms with van der Waals surface area (Å²) in [6.45, 7) is 2.04. The van der Waals surface area contributed by atoms with Crippen LogP contribution in [0.15, 0.2) is 23.8 Å². The molecule has 0 saturated carbocycles. The van der Waals surface area contributed by atoms with Gasteiger partial charge in [0.2, 0.25) is 0 Å². The largest absolute Gasteiger partial charge is 0.305 e. The first kappa shape index (κ1) is 5.29. The van der Waals surface area contributed by atoms with Crippen LogP contribution in [0.2, 0.25) is 0 Å². The van der Waals surface area contributed by atoms with Crippen LogP contribution in [0.4, 0.5) is 0 Å². The fourth-order valence-electron chi connectivity index (χ4n) is 0.639. The predicted molar refractivity (Wildman–Crippen MR) is 35.2 cm³/mol. The molecule has 1 aliphatic rings. The average molecular weight is 107 g/mol. The normalized spacial score (nSPS) is 18.6. The van der Waals surface area contributed by atoms with E-state index in [0.29, 0.717) is 5.71 Å². The van der Waals surface area contributed by atoms with E-state index in [1.165, 1.54) is 5.57 Å². The van der Waals surface area contributed by atoms with E-state index in [9.17, 15) is 0 Å². The van der Waals surface area contributed by atoms with Gasteiger partial charge in [-0.3, -0.25) is 0 Å². The highest BCUT2D eigenvalue weighted by atomic mass is 14.4. The zero-order chi connectivity index (χ0) is 5.98. The lowest BCUT2D eigenvalue weighted by molar-refractivity contribution is 1.31. The first-order chi connectivity index (χ1) is 3.79. The van der Waals surface area contributed by atoms with Gasteiger partial charge in [0, 0.05) is 12.1 Å². The quantitative estimate of drug-likeness (QED) is 0.489. The Labute approximate surface area is 49.2 Å². The van der Waals surface area contributed by atoms with Gasteiger partial charge in [-0.25, -0.2) is 0 Å². The molecule has 1 rings (SSSR count). The van der Waals surface area contributed by atoms with Crippen LogP contribution in [-0.2, 0) is 0 Å². The topological polar surface area (TPSA) is 23.9 Å². The fourth-order valence-corrected chi connectivity index (χ4v) is 0.639. The van der Waals surface area contributed by atoms with Gasteiger partial charge < -0.3 is 5.41 Å². The van der Waals surface area contributed by atoms with Gasteiger partial charge in [-0.05, 0) is 13.0 Å². The summed E-state index contributed by atoms with van der Waals surface area (Å²) in [6.07, 6.45) is 6.67. The second-order valence-corrected chi connectivity index (χ2v) is 2.01. The minimum Gasteiger partial charge on any atom is -0.305 e. The molecule has 1 nitrogen and oxygen atoms in total. The van der Waals surface area contributed by atoms with Gasteiger partial charge in [-0.1, -0.05) is 17.7 Å². The summed E-state index contributed by atoms with van der Waals surface area (Å²) >= 11 is 0. The summed E-state index contributed by atoms with van der Waals surface area (Å²) < 4.78 is 0. The molecule has 0 heterocycles. The molecule has 8 heavy (non-hydrogen) atoms. The summed E-state index contributed by atoms with van der Waals surface area (Å²) in [5.74, 6) is 0. The third-order valence-electron chi connectivity index (χ3n) is 1.19. The van der Waals surface area contributed by atoms with Crippen molar-refractivity contribution in [3.05, 3.63) is 23.8 Å². The lowest BCUT2D eigenvalue weighted by Crippen LogP contribution is -1.92. The van der Waals surface area contributed by atoms with Crippen molar-refractivity contribution in [2.45, 2.75) is 13.3 Å². The van der Waals surface area contributed by atoms with Crippen molar-refractivity contribution in [2.24, 2.45) is 0 Å². The van der Waals surface area contributed by atoms with Crippen molar-refractivity contribution in [3.63, 3.8) is 0 Å². The highest BCUT2D eigenvalue weighted by Gasteiger charge is 1.93. The molecule has 0 unspecified atom stereocenters. The van der Waals surface area contributed by atoms with Crippen molar-refractivity contribution in [3.8, 4) is 0 Å². The SMILES string of the molecule is CC1=CCC(=N)C=C1. The standard InChI is InChI=1S/C7H9N/c1-6-2-4-7(8)5-3-6/h2-4,8H,5H2,1H3. The third-order valence-corrected chi connectivity index (χ3v) is 1.19. The summed E-state index contributed by atoms with van der Waals surface area (Å²) in [7, 11) is 0. The molecule has 0 bridgehead atoms. The molecule has 0 amide bonds. The Bertz CT molecular complexity index is 160. The molecule has 0 aromatic heterocycles. The number of allylic oxidation sites excluding steroid dienone is 4. The summed E-state index contributed by atoms with van der Waals surface area (Å²) in [5, 5.41) is 7.15. The molecule has 0 fully saturated rings. The Kier molecular flexibility index (Phi) is 1.29. The van der Waals surface area contributed by atoms with E-state index in [0.717, 1.165) is 6.42 Å². The number of nitrogens with one attached hydrogen (secondary N) is 1. The Balaban J connectivity index is 2.71. The second kappa shape index (κ2) is 1.95. The predicted octanol–water partition coefficient (Wildman–Crippen LogP) is 1.91. The molecule has 1 N–H and O–H groups in total. The van der Waals surface area contributed by atoms with Gasteiger partial charge in [0.15, 0.2) is 0 Å². The van der Waals surface area contributed by atoms with Gasteiger partial charge in [0.05, 0.1) is 0 Å². The van der Waals surface area contributed by atoms with Crippen LogP contribution < -0.4 is 0 Å². The first-order valence-corrected chi connectivity index (χ1v) is 2.71. The molecule has 1 aliphatic carbocycles. The van der Waals surface area contributed by atoms with Crippen LogP contribution in [0, 0.1) is 5.41 Å². The van der Waals surface area contributed by atoms with Gasteiger partial charge in [0.1, 0.15) is 0 Å². The van der Waals surface area contributed by atoms with Crippen molar-refractivity contribution in [1.82, 2.24) is 0 Å². The monoisotopic (exact) mass is 107 g/mol. The molecule has 0 saturated heterocycles. The maximum absolute atomic E-state index is 7.15. The van der Waals surface area contributed by atoms with Crippen molar-refractivity contribution in [1.29, 1.82) is 5.41 Å². The Hall–Kier alpha value is -0.850. The van der Waals surface area contributed by atoms with Crippen molar-refractivity contribution in [2.75, 3.05) is 0 Å². The molecule has 0 aromatic rings. The molecule has 0 atom stereocenters. The van der Waals surface area contributed by atoms with E-state index in [1.807, 2.05) is 19.1 Å². The van der Waals surface area contributed by atoms with Gasteiger partial charge in [0.25, 0.3) is 0 Å². The summed E-state index contributed by atoms with van der Waals surface area (Å²) in [5.41, 5.74) is 1.97. The molecule has 1 heteroatoms. The van der Waals surface area contributed by atoms with Gasteiger partial charge in [-0.15, -0.1) is 0 Å². The molecular formula is C7H9N. The number of hydrogen-bond acceptors (Lipinski definition) is 1. The van der Waals surface area contributed by atoms with E-state index < -0.39 is 0 Å². The highest BCUT2D eigenvalue weighted by Crippen LogP contribution is 2.04. The molecule has 0 radical (unpaired) electrons. The molecular weight excluding hydrogens is 98.1 g/mol. The van der Waals surface area contributed by atoms with E-state index in [1.54, 1.807) is 0 Å². The van der Waals surface area contributed by atoms with Crippen LogP contribution in [0.5, 0.6) is 0 Å². The highest BCUT2D eigenvalue weighted by molar-refractivity contribution is 5.94. The Morgan fingerprint density at radius 2 is 2.25 bits per heavy atom. The fraction of sp³-hybridized carbons (Fsp3) is 0.286. The minimum absolute atomic E-state index is 0.704. The molecule has 42 valence electrons. The van der Waals surface area contributed by atoms with Gasteiger partial charge in [-0.2, -0.15) is 0 Å². The third kappa shape index (κ3) is 1.06. The van der Waals surface area contributed by atoms with E-state index in [4.69, 9.17) is 5.41 Å². The van der Waals surface area contributed by atoms with Crippen molar-refractivity contribution < 1.29 is 0 Å². The zero-order valence-electron chi connectivity index (χ0n) is 4.94. The summed E-state index contributed by atoms with van der Waals surface area (Å²) in [6, 6.07) is 0. The molecule has 0 aromatic carbocycles. The Morgan fingerprint density at radius 1 is 1.50 bits per heavy atom. The zero-order valence-corrected chi connectivity index (χ0v) is 4.94. The van der Waals surface area contributed by atoms with Crippen LogP contribution >= 0.6 is 0 Å². The van der Waals surface area contributed by atoms with Crippen LogP contribution in [0.3, 0.4) is 0 Å². The minimum atomic E-state index is 0.704. The average Bonchev–Trinajstić information content (AvgIpc) is 1.77. The van der Waals surface area contributed by atoms with Crippen LogP contribution in [-0.4, -0.2) is 5.71 Å². The maximum atomic E-state index is 7.15. The summed E-state index contributed by atoms with van der Waals surface area (Å²) in [4.78, 5) is 0. The van der Waals surface area contributed by atoms with Crippen LogP contribution in [0.25, 0.3) is 0 Å². The smallest absolute Gasteiger partial charge is 0.0351 e. The maximum Gasteiger partial charge on any atom is 0.0351 e. The second-order valence-electron chi connectivity index (χ2n) is 2.01. The molecule has 0 spiro atoms. The molecule has 0 aliphatic heterocycles. The van der Waals surface area contributed by atoms with Crippen molar-refractivity contribution >= 4 is 5.71 Å². The number of hydrogen-bond donors (Lipinski definition) is 1. The lowest BCUT2D eigenvalue weighted by atomic mass is 10.1. The van der Waals surface area contributed by atoms with E-state index >= 15 is 0 Å². The van der Waals surface area contributed by atoms with E-state index in [-0.39, 0.29) is 0 Å². The van der Waals surface area contributed by atoms with Crippen LogP contribution in [0.1, 0.15) is 13.3 Å². The van der Waals surface area contributed by atoms with Gasteiger partial charge >= 0.3 is 0 Å². The lowest BCUT2D eigenvalue weighted by Gasteiger charge is -1.99. The van der Waals surface area contributed by atoms with E-state index in [2.05, 4.69) is 6.08 Å². The Morgan fingerprint density at radius 3 is 2.62 bits per heavy atom. The first-order valence-electron chi connectivity index (χ1n) is 2.71. The number of rotatable bonds is 0.